The Balaban J connectivity index is 2.18. The van der Waals surface area contributed by atoms with Gasteiger partial charge in [0, 0.05) is 19.1 Å². The SMILES string of the molecule is CCCCCCCCCC(CC(=O)c1ccccc1)OC. The van der Waals surface area contributed by atoms with Crippen molar-refractivity contribution in [3.8, 4) is 0 Å². The molecule has 0 fully saturated rings. The minimum atomic E-state index is 0.0633. The van der Waals surface area contributed by atoms with Crippen molar-refractivity contribution in [3.63, 3.8) is 0 Å². The van der Waals surface area contributed by atoms with Crippen molar-refractivity contribution in [1.29, 1.82) is 0 Å². The molecule has 0 aliphatic heterocycles. The van der Waals surface area contributed by atoms with Gasteiger partial charge in [0.05, 0.1) is 6.10 Å². The van der Waals surface area contributed by atoms with Crippen LogP contribution in [0.4, 0.5) is 0 Å². The first-order valence-electron chi connectivity index (χ1n) is 8.39. The Morgan fingerprint density at radius 2 is 1.62 bits per heavy atom. The van der Waals surface area contributed by atoms with E-state index in [4.69, 9.17) is 4.74 Å². The first-order chi connectivity index (χ1) is 10.3. The van der Waals surface area contributed by atoms with Crippen molar-refractivity contribution in [2.45, 2.75) is 70.8 Å². The third kappa shape index (κ3) is 8.01. The fraction of sp³-hybridized carbons (Fsp3) is 0.632. The summed E-state index contributed by atoms with van der Waals surface area (Å²) in [6.07, 6.45) is 10.6. The third-order valence-electron chi connectivity index (χ3n) is 3.97. The van der Waals surface area contributed by atoms with Gasteiger partial charge in [-0.3, -0.25) is 4.79 Å². The van der Waals surface area contributed by atoms with Gasteiger partial charge >= 0.3 is 0 Å². The summed E-state index contributed by atoms with van der Waals surface area (Å²) in [6, 6.07) is 9.51. The lowest BCUT2D eigenvalue weighted by atomic mass is 10.0. The molecule has 0 aliphatic rings. The highest BCUT2D eigenvalue weighted by Gasteiger charge is 2.14. The first kappa shape index (κ1) is 17.9. The highest BCUT2D eigenvalue weighted by atomic mass is 16.5. The monoisotopic (exact) mass is 290 g/mol. The molecule has 0 spiro atoms. The second-order valence-corrected chi connectivity index (χ2v) is 5.76. The molecule has 0 saturated heterocycles. The normalized spacial score (nSPS) is 12.3. The van der Waals surface area contributed by atoms with Crippen LogP contribution in [0.25, 0.3) is 0 Å². The van der Waals surface area contributed by atoms with Crippen LogP contribution in [0.5, 0.6) is 0 Å². The van der Waals surface area contributed by atoms with E-state index in [1.165, 1.54) is 38.5 Å². The molecular formula is C19H30O2. The minimum Gasteiger partial charge on any atom is -0.381 e. The number of ketones is 1. The molecule has 0 amide bonds. The second kappa shape index (κ2) is 11.5. The lowest BCUT2D eigenvalue weighted by Crippen LogP contribution is -2.16. The standard InChI is InChI=1S/C19H30O2/c1-3-4-5-6-7-8-12-15-18(21-2)16-19(20)17-13-10-9-11-14-17/h9-11,13-14,18H,3-8,12,15-16H2,1-2H3. The topological polar surface area (TPSA) is 26.3 Å². The molecule has 0 aliphatic carbocycles. The highest BCUT2D eigenvalue weighted by molar-refractivity contribution is 5.96. The number of hydrogen-bond acceptors (Lipinski definition) is 2. The van der Waals surface area contributed by atoms with Crippen LogP contribution >= 0.6 is 0 Å². The van der Waals surface area contributed by atoms with E-state index < -0.39 is 0 Å². The Labute approximate surface area is 129 Å². The van der Waals surface area contributed by atoms with Crippen LogP contribution in [-0.2, 0) is 4.74 Å². The van der Waals surface area contributed by atoms with Crippen LogP contribution in [0, 0.1) is 0 Å². The average Bonchev–Trinajstić information content (AvgIpc) is 2.53. The zero-order valence-electron chi connectivity index (χ0n) is 13.6. The molecule has 0 heterocycles. The van der Waals surface area contributed by atoms with E-state index in [-0.39, 0.29) is 11.9 Å². The molecule has 118 valence electrons. The van der Waals surface area contributed by atoms with Crippen molar-refractivity contribution in [2.24, 2.45) is 0 Å². The van der Waals surface area contributed by atoms with Crippen LogP contribution in [0.1, 0.15) is 75.1 Å². The summed E-state index contributed by atoms with van der Waals surface area (Å²) in [5, 5.41) is 0. The molecular weight excluding hydrogens is 260 g/mol. The molecule has 21 heavy (non-hydrogen) atoms. The molecule has 0 bridgehead atoms. The van der Waals surface area contributed by atoms with Crippen molar-refractivity contribution >= 4 is 5.78 Å². The highest BCUT2D eigenvalue weighted by Crippen LogP contribution is 2.15. The van der Waals surface area contributed by atoms with Gasteiger partial charge in [-0.2, -0.15) is 0 Å². The molecule has 1 atom stereocenters. The van der Waals surface area contributed by atoms with Gasteiger partial charge in [-0.25, -0.2) is 0 Å². The van der Waals surface area contributed by atoms with E-state index in [2.05, 4.69) is 6.92 Å². The predicted octanol–water partition coefficient (Wildman–Crippen LogP) is 5.42. The summed E-state index contributed by atoms with van der Waals surface area (Å²) in [5.74, 6) is 0.186. The summed E-state index contributed by atoms with van der Waals surface area (Å²) < 4.78 is 5.47. The minimum absolute atomic E-state index is 0.0633. The van der Waals surface area contributed by atoms with Crippen LogP contribution in [0.15, 0.2) is 30.3 Å². The Bertz CT molecular complexity index is 372. The molecule has 1 unspecified atom stereocenters. The number of benzene rings is 1. The Hall–Kier alpha value is -1.15. The van der Waals surface area contributed by atoms with E-state index in [0.29, 0.717) is 6.42 Å². The lowest BCUT2D eigenvalue weighted by molar-refractivity contribution is 0.0687. The van der Waals surface area contributed by atoms with E-state index in [0.717, 1.165) is 18.4 Å². The van der Waals surface area contributed by atoms with Gasteiger partial charge in [0.1, 0.15) is 0 Å². The van der Waals surface area contributed by atoms with Crippen LogP contribution in [-0.4, -0.2) is 19.0 Å². The van der Waals surface area contributed by atoms with Crippen LogP contribution in [0.2, 0.25) is 0 Å². The average molecular weight is 290 g/mol. The summed E-state index contributed by atoms with van der Waals surface area (Å²) >= 11 is 0. The van der Waals surface area contributed by atoms with E-state index >= 15 is 0 Å². The van der Waals surface area contributed by atoms with Gasteiger partial charge in [-0.05, 0) is 6.42 Å². The molecule has 0 N–H and O–H groups in total. The number of Topliss-reactive ketones (excluding diaryl/α,β-unsaturated/α-hetero) is 1. The van der Waals surface area contributed by atoms with Crippen molar-refractivity contribution in [2.75, 3.05) is 7.11 Å². The maximum atomic E-state index is 12.1. The zero-order chi connectivity index (χ0) is 15.3. The summed E-state index contributed by atoms with van der Waals surface area (Å²) in [7, 11) is 1.71. The van der Waals surface area contributed by atoms with Gasteiger partial charge in [-0.1, -0.05) is 82.2 Å². The van der Waals surface area contributed by atoms with Crippen LogP contribution < -0.4 is 0 Å². The van der Waals surface area contributed by atoms with Crippen LogP contribution in [0.3, 0.4) is 0 Å². The maximum Gasteiger partial charge on any atom is 0.165 e. The number of hydrogen-bond donors (Lipinski definition) is 0. The smallest absolute Gasteiger partial charge is 0.165 e. The number of methoxy groups -OCH3 is 1. The number of unbranched alkanes of at least 4 members (excludes halogenated alkanes) is 6. The Kier molecular flexibility index (Phi) is 9.81. The zero-order valence-corrected chi connectivity index (χ0v) is 13.6. The second-order valence-electron chi connectivity index (χ2n) is 5.76. The molecule has 0 saturated carbocycles. The van der Waals surface area contributed by atoms with Gasteiger partial charge in [0.25, 0.3) is 0 Å². The maximum absolute atomic E-state index is 12.1. The predicted molar refractivity (Wildman–Crippen MR) is 88.8 cm³/mol. The summed E-state index contributed by atoms with van der Waals surface area (Å²) in [4.78, 5) is 12.1. The molecule has 1 aromatic rings. The number of rotatable bonds is 12. The molecule has 2 heteroatoms. The van der Waals surface area contributed by atoms with Crippen molar-refractivity contribution in [3.05, 3.63) is 35.9 Å². The fourth-order valence-corrected chi connectivity index (χ4v) is 2.58. The third-order valence-corrected chi connectivity index (χ3v) is 3.97. The molecule has 0 aromatic heterocycles. The van der Waals surface area contributed by atoms with Crippen molar-refractivity contribution < 1.29 is 9.53 Å². The number of carbonyl (C=O) groups excluding carboxylic acids is 1. The number of ether oxygens (including phenoxy) is 1. The van der Waals surface area contributed by atoms with E-state index in [1.807, 2.05) is 30.3 Å². The Morgan fingerprint density at radius 1 is 1.00 bits per heavy atom. The van der Waals surface area contributed by atoms with E-state index in [1.54, 1.807) is 7.11 Å². The number of carbonyl (C=O) groups is 1. The van der Waals surface area contributed by atoms with Gasteiger partial charge in [-0.15, -0.1) is 0 Å². The first-order valence-corrected chi connectivity index (χ1v) is 8.39. The Morgan fingerprint density at radius 3 is 2.24 bits per heavy atom. The molecule has 2 nitrogen and oxygen atoms in total. The molecule has 1 rings (SSSR count). The largest absolute Gasteiger partial charge is 0.381 e. The van der Waals surface area contributed by atoms with Crippen molar-refractivity contribution in [1.82, 2.24) is 0 Å². The quantitative estimate of drug-likeness (QED) is 0.380. The molecule has 1 aromatic carbocycles. The summed E-state index contributed by atoms with van der Waals surface area (Å²) in [6.45, 7) is 2.24. The fourth-order valence-electron chi connectivity index (χ4n) is 2.58. The van der Waals surface area contributed by atoms with Gasteiger partial charge < -0.3 is 4.74 Å². The summed E-state index contributed by atoms with van der Waals surface area (Å²) in [5.41, 5.74) is 0.791. The van der Waals surface area contributed by atoms with Gasteiger partial charge in [0.15, 0.2) is 5.78 Å². The molecule has 0 radical (unpaired) electrons. The van der Waals surface area contributed by atoms with E-state index in [9.17, 15) is 4.79 Å². The lowest BCUT2D eigenvalue weighted by Gasteiger charge is -2.14. The van der Waals surface area contributed by atoms with Gasteiger partial charge in [0.2, 0.25) is 0 Å².